The van der Waals surface area contributed by atoms with Gasteiger partial charge in [-0.05, 0) is 30.7 Å². The van der Waals surface area contributed by atoms with Crippen LogP contribution >= 0.6 is 11.8 Å². The van der Waals surface area contributed by atoms with E-state index in [0.717, 1.165) is 17.1 Å². The fourth-order valence-electron chi connectivity index (χ4n) is 2.36. The summed E-state index contributed by atoms with van der Waals surface area (Å²) >= 11 is 1.53. The molecule has 6 heteroatoms. The fourth-order valence-corrected chi connectivity index (χ4v) is 3.07. The molecule has 116 valence electrons. The fraction of sp³-hybridized carbons (Fsp3) is 0.176. The standard InChI is InChI=1S/C17H14N2O3S/c1-11-3-2-4-12(7-11)9-23-17-19-18-16(22-17)13-5-6-14-15(8-13)21-10-20-14/h2-8H,9-10H2,1H3. The van der Waals surface area contributed by atoms with E-state index < -0.39 is 0 Å². The molecule has 1 aliphatic rings. The lowest BCUT2D eigenvalue weighted by Gasteiger charge is -2.00. The van der Waals surface area contributed by atoms with Crippen LogP contribution in [0.4, 0.5) is 0 Å². The molecule has 5 nitrogen and oxygen atoms in total. The van der Waals surface area contributed by atoms with Gasteiger partial charge in [-0.3, -0.25) is 0 Å². The second kappa shape index (κ2) is 5.96. The maximum absolute atomic E-state index is 5.73. The van der Waals surface area contributed by atoms with Gasteiger partial charge in [-0.2, -0.15) is 0 Å². The lowest BCUT2D eigenvalue weighted by molar-refractivity contribution is 0.174. The van der Waals surface area contributed by atoms with Crippen LogP contribution in [0.15, 0.2) is 52.1 Å². The predicted octanol–water partition coefficient (Wildman–Crippen LogP) is 4.07. The number of thioether (sulfide) groups is 1. The highest BCUT2D eigenvalue weighted by Crippen LogP contribution is 2.36. The Kier molecular flexibility index (Phi) is 3.67. The average Bonchev–Trinajstić information content (AvgIpc) is 3.21. The first kappa shape index (κ1) is 14.1. The van der Waals surface area contributed by atoms with Crippen LogP contribution in [0, 0.1) is 6.92 Å². The molecular formula is C17H14N2O3S. The van der Waals surface area contributed by atoms with Gasteiger partial charge in [0, 0.05) is 11.3 Å². The van der Waals surface area contributed by atoms with Crippen LogP contribution in [-0.2, 0) is 5.75 Å². The maximum atomic E-state index is 5.73. The van der Waals surface area contributed by atoms with Crippen molar-refractivity contribution in [3.63, 3.8) is 0 Å². The second-order valence-corrected chi connectivity index (χ2v) is 6.15. The molecule has 0 aliphatic carbocycles. The number of benzene rings is 2. The van der Waals surface area contributed by atoms with Crippen molar-refractivity contribution in [2.24, 2.45) is 0 Å². The summed E-state index contributed by atoms with van der Waals surface area (Å²) in [4.78, 5) is 0. The minimum Gasteiger partial charge on any atom is -0.454 e. The number of ether oxygens (including phenoxy) is 2. The minimum absolute atomic E-state index is 0.250. The normalized spacial score (nSPS) is 12.6. The van der Waals surface area contributed by atoms with Gasteiger partial charge in [-0.25, -0.2) is 0 Å². The van der Waals surface area contributed by atoms with Gasteiger partial charge < -0.3 is 13.9 Å². The highest BCUT2D eigenvalue weighted by atomic mass is 32.2. The molecule has 1 aromatic heterocycles. The van der Waals surface area contributed by atoms with Crippen molar-refractivity contribution in [1.29, 1.82) is 0 Å². The Morgan fingerprint density at radius 2 is 1.96 bits per heavy atom. The van der Waals surface area contributed by atoms with Crippen molar-refractivity contribution in [2.45, 2.75) is 17.9 Å². The van der Waals surface area contributed by atoms with Gasteiger partial charge in [-0.15, -0.1) is 10.2 Å². The SMILES string of the molecule is Cc1cccc(CSc2nnc(-c3ccc4c(c3)OCO4)o2)c1. The van der Waals surface area contributed by atoms with Crippen LogP contribution in [0.3, 0.4) is 0 Å². The van der Waals surface area contributed by atoms with E-state index in [1.165, 1.54) is 22.9 Å². The minimum atomic E-state index is 0.250. The van der Waals surface area contributed by atoms with Crippen molar-refractivity contribution in [2.75, 3.05) is 6.79 Å². The van der Waals surface area contributed by atoms with Crippen LogP contribution in [-0.4, -0.2) is 17.0 Å². The molecule has 0 unspecified atom stereocenters. The van der Waals surface area contributed by atoms with Crippen molar-refractivity contribution in [1.82, 2.24) is 10.2 Å². The summed E-state index contributed by atoms with van der Waals surface area (Å²) < 4.78 is 16.4. The van der Waals surface area contributed by atoms with Gasteiger partial charge in [0.05, 0.1) is 0 Å². The maximum Gasteiger partial charge on any atom is 0.277 e. The monoisotopic (exact) mass is 326 g/mol. The first-order valence-corrected chi connectivity index (χ1v) is 8.18. The number of fused-ring (bicyclic) bond motifs is 1. The van der Waals surface area contributed by atoms with Gasteiger partial charge in [0.15, 0.2) is 11.5 Å². The highest BCUT2D eigenvalue weighted by molar-refractivity contribution is 7.98. The molecular weight excluding hydrogens is 312 g/mol. The predicted molar refractivity (Wildman–Crippen MR) is 86.6 cm³/mol. The molecule has 0 saturated carbocycles. The third kappa shape index (κ3) is 3.03. The smallest absolute Gasteiger partial charge is 0.277 e. The summed E-state index contributed by atoms with van der Waals surface area (Å²) in [5.41, 5.74) is 3.30. The second-order valence-electron chi connectivity index (χ2n) is 5.22. The van der Waals surface area contributed by atoms with E-state index in [9.17, 15) is 0 Å². The van der Waals surface area contributed by atoms with Gasteiger partial charge in [-0.1, -0.05) is 41.6 Å². The lowest BCUT2D eigenvalue weighted by atomic mass is 10.2. The van der Waals surface area contributed by atoms with Crippen molar-refractivity contribution < 1.29 is 13.9 Å². The zero-order chi connectivity index (χ0) is 15.6. The van der Waals surface area contributed by atoms with E-state index in [-0.39, 0.29) is 6.79 Å². The number of hydrogen-bond acceptors (Lipinski definition) is 6. The zero-order valence-corrected chi connectivity index (χ0v) is 13.3. The molecule has 0 atom stereocenters. The van der Waals surface area contributed by atoms with Gasteiger partial charge in [0.1, 0.15) is 0 Å². The van der Waals surface area contributed by atoms with E-state index in [2.05, 4.69) is 41.4 Å². The Balaban J connectivity index is 1.48. The van der Waals surface area contributed by atoms with Crippen LogP contribution in [0.25, 0.3) is 11.5 Å². The van der Waals surface area contributed by atoms with E-state index in [1.54, 1.807) is 0 Å². The lowest BCUT2D eigenvalue weighted by Crippen LogP contribution is -1.92. The van der Waals surface area contributed by atoms with Gasteiger partial charge in [0.25, 0.3) is 5.22 Å². The molecule has 0 spiro atoms. The molecule has 0 bridgehead atoms. The van der Waals surface area contributed by atoms with Crippen LogP contribution in [0.5, 0.6) is 11.5 Å². The Bertz CT molecular complexity index is 847. The Morgan fingerprint density at radius 1 is 1.04 bits per heavy atom. The third-order valence-corrected chi connectivity index (χ3v) is 4.36. The Morgan fingerprint density at radius 3 is 2.87 bits per heavy atom. The largest absolute Gasteiger partial charge is 0.454 e. The van der Waals surface area contributed by atoms with Crippen LogP contribution < -0.4 is 9.47 Å². The van der Waals surface area contributed by atoms with E-state index in [0.29, 0.717) is 16.9 Å². The summed E-state index contributed by atoms with van der Waals surface area (Å²) in [6.07, 6.45) is 0. The molecule has 0 amide bonds. The van der Waals surface area contributed by atoms with E-state index in [4.69, 9.17) is 13.9 Å². The number of aromatic nitrogens is 2. The summed E-state index contributed by atoms with van der Waals surface area (Å²) in [6, 6.07) is 14.0. The van der Waals surface area contributed by atoms with E-state index in [1.807, 2.05) is 18.2 Å². The number of aryl methyl sites for hydroxylation is 1. The molecule has 2 heterocycles. The molecule has 3 aromatic rings. The van der Waals surface area contributed by atoms with E-state index >= 15 is 0 Å². The number of nitrogens with zero attached hydrogens (tertiary/aromatic N) is 2. The average molecular weight is 326 g/mol. The molecule has 0 radical (unpaired) electrons. The van der Waals surface area contributed by atoms with Gasteiger partial charge >= 0.3 is 0 Å². The van der Waals surface area contributed by atoms with Crippen LogP contribution in [0.1, 0.15) is 11.1 Å². The molecule has 23 heavy (non-hydrogen) atoms. The highest BCUT2D eigenvalue weighted by Gasteiger charge is 2.16. The topological polar surface area (TPSA) is 57.4 Å². The molecule has 0 N–H and O–H groups in total. The quantitative estimate of drug-likeness (QED) is 0.674. The summed E-state index contributed by atoms with van der Waals surface area (Å²) in [7, 11) is 0. The molecule has 4 rings (SSSR count). The first-order chi connectivity index (χ1) is 11.3. The van der Waals surface area contributed by atoms with Crippen molar-refractivity contribution in [3.05, 3.63) is 53.6 Å². The molecule has 2 aromatic carbocycles. The van der Waals surface area contributed by atoms with Gasteiger partial charge in [0.2, 0.25) is 12.7 Å². The summed E-state index contributed by atoms with van der Waals surface area (Å²) in [6.45, 7) is 2.33. The first-order valence-electron chi connectivity index (χ1n) is 7.20. The zero-order valence-electron chi connectivity index (χ0n) is 12.5. The summed E-state index contributed by atoms with van der Waals surface area (Å²) in [5.74, 6) is 2.72. The molecule has 0 saturated heterocycles. The summed E-state index contributed by atoms with van der Waals surface area (Å²) in [5, 5.41) is 8.76. The van der Waals surface area contributed by atoms with Crippen molar-refractivity contribution in [3.8, 4) is 23.0 Å². The number of rotatable bonds is 4. The third-order valence-electron chi connectivity index (χ3n) is 3.47. The Hall–Kier alpha value is -2.47. The Labute approximate surface area is 137 Å². The molecule has 1 aliphatic heterocycles. The van der Waals surface area contributed by atoms with Crippen molar-refractivity contribution >= 4 is 11.8 Å². The number of hydrogen-bond donors (Lipinski definition) is 0. The molecule has 0 fully saturated rings. The van der Waals surface area contributed by atoms with Crippen LogP contribution in [0.2, 0.25) is 0 Å².